The number of aromatic nitrogens is 1. The van der Waals surface area contributed by atoms with E-state index in [1.807, 2.05) is 6.20 Å². The highest BCUT2D eigenvalue weighted by atomic mass is 79.9. The number of anilines is 1. The number of rotatable bonds is 2. The number of fused-ring (bicyclic) bond motifs is 1. The second-order valence-electron chi connectivity index (χ2n) is 5.33. The van der Waals surface area contributed by atoms with Gasteiger partial charge in [0.15, 0.2) is 0 Å². The molecule has 2 aromatic rings. The van der Waals surface area contributed by atoms with E-state index in [1.54, 1.807) is 0 Å². The number of hydrogen-bond donors (Lipinski definition) is 1. The predicted molar refractivity (Wildman–Crippen MR) is 90.3 cm³/mol. The molecule has 0 fully saturated rings. The molecular formula is C16H16Br2N2. The molecule has 1 heterocycles. The Balaban J connectivity index is 1.74. The van der Waals surface area contributed by atoms with Crippen molar-refractivity contribution in [3.63, 3.8) is 0 Å². The van der Waals surface area contributed by atoms with E-state index in [2.05, 4.69) is 73.3 Å². The van der Waals surface area contributed by atoms with Gasteiger partial charge in [0.05, 0.1) is 11.9 Å². The fourth-order valence-electron chi connectivity index (χ4n) is 2.72. The number of halogens is 2. The van der Waals surface area contributed by atoms with Gasteiger partial charge in [-0.3, -0.25) is 0 Å². The Morgan fingerprint density at radius 2 is 2.05 bits per heavy atom. The smallest absolute Gasteiger partial charge is 0.109 e. The highest BCUT2D eigenvalue weighted by Gasteiger charge is 2.18. The van der Waals surface area contributed by atoms with Crippen molar-refractivity contribution < 1.29 is 0 Å². The first-order valence-corrected chi connectivity index (χ1v) is 8.36. The fourth-order valence-corrected chi connectivity index (χ4v) is 3.34. The largest absolute Gasteiger partial charge is 0.381 e. The van der Waals surface area contributed by atoms with Crippen LogP contribution in [0.1, 0.15) is 23.1 Å². The van der Waals surface area contributed by atoms with Crippen LogP contribution in [0.5, 0.6) is 0 Å². The van der Waals surface area contributed by atoms with Crippen LogP contribution in [-0.4, -0.2) is 11.0 Å². The third-order valence-corrected chi connectivity index (χ3v) is 5.11. The molecule has 0 bridgehead atoms. The maximum atomic E-state index is 4.35. The molecule has 1 aromatic carbocycles. The van der Waals surface area contributed by atoms with E-state index < -0.39 is 0 Å². The van der Waals surface area contributed by atoms with Crippen molar-refractivity contribution in [2.24, 2.45) is 0 Å². The average molecular weight is 396 g/mol. The van der Waals surface area contributed by atoms with Crippen molar-refractivity contribution in [3.05, 3.63) is 56.2 Å². The maximum Gasteiger partial charge on any atom is 0.109 e. The standard InChI is InChI=1S/C16H16Br2N2/c1-10-6-15(9-19-16(10)18)20-14-5-3-11-7-13(17)4-2-12(11)8-14/h2,4,6-7,9,14,20H,3,5,8H2,1H3. The van der Waals surface area contributed by atoms with Crippen molar-refractivity contribution in [1.82, 2.24) is 4.98 Å². The lowest BCUT2D eigenvalue weighted by atomic mass is 9.88. The maximum absolute atomic E-state index is 4.35. The molecule has 0 radical (unpaired) electrons. The van der Waals surface area contributed by atoms with Crippen LogP contribution in [0.15, 0.2) is 39.5 Å². The second-order valence-corrected chi connectivity index (χ2v) is 7.00. The predicted octanol–water partition coefficient (Wildman–Crippen LogP) is 4.88. The van der Waals surface area contributed by atoms with Crippen LogP contribution in [0, 0.1) is 6.92 Å². The molecule has 4 heteroatoms. The van der Waals surface area contributed by atoms with E-state index in [4.69, 9.17) is 0 Å². The molecule has 20 heavy (non-hydrogen) atoms. The van der Waals surface area contributed by atoms with Gasteiger partial charge >= 0.3 is 0 Å². The summed E-state index contributed by atoms with van der Waals surface area (Å²) in [5, 5.41) is 3.61. The molecule has 1 unspecified atom stereocenters. The SMILES string of the molecule is Cc1cc(NC2CCc3cc(Br)ccc3C2)cnc1Br. The van der Waals surface area contributed by atoms with Crippen molar-refractivity contribution in [2.45, 2.75) is 32.2 Å². The molecule has 1 atom stereocenters. The van der Waals surface area contributed by atoms with Gasteiger partial charge < -0.3 is 5.32 Å². The Morgan fingerprint density at radius 1 is 1.20 bits per heavy atom. The lowest BCUT2D eigenvalue weighted by molar-refractivity contribution is 0.610. The first-order valence-electron chi connectivity index (χ1n) is 6.78. The van der Waals surface area contributed by atoms with E-state index >= 15 is 0 Å². The van der Waals surface area contributed by atoms with Gasteiger partial charge in [-0.1, -0.05) is 22.0 Å². The van der Waals surface area contributed by atoms with E-state index in [0.29, 0.717) is 6.04 Å². The van der Waals surface area contributed by atoms with Crippen molar-refractivity contribution in [1.29, 1.82) is 0 Å². The zero-order valence-electron chi connectivity index (χ0n) is 11.3. The van der Waals surface area contributed by atoms with Gasteiger partial charge in [-0.25, -0.2) is 4.98 Å². The minimum Gasteiger partial charge on any atom is -0.381 e. The molecule has 0 spiro atoms. The molecule has 3 rings (SSSR count). The second kappa shape index (κ2) is 5.86. The van der Waals surface area contributed by atoms with E-state index in [1.165, 1.54) is 22.0 Å². The summed E-state index contributed by atoms with van der Waals surface area (Å²) in [6.45, 7) is 2.07. The Bertz CT molecular complexity index is 640. The normalized spacial score (nSPS) is 17.6. The monoisotopic (exact) mass is 394 g/mol. The third kappa shape index (κ3) is 3.07. The average Bonchev–Trinajstić information content (AvgIpc) is 2.43. The van der Waals surface area contributed by atoms with Crippen LogP contribution in [0.25, 0.3) is 0 Å². The molecule has 1 N–H and O–H groups in total. The summed E-state index contributed by atoms with van der Waals surface area (Å²) in [6.07, 6.45) is 5.28. The first-order chi connectivity index (χ1) is 9.61. The number of nitrogens with zero attached hydrogens (tertiary/aromatic N) is 1. The Labute approximate surface area is 136 Å². The number of benzene rings is 1. The summed E-state index contributed by atoms with van der Waals surface area (Å²) in [4.78, 5) is 4.35. The molecule has 1 aromatic heterocycles. The van der Waals surface area contributed by atoms with Gasteiger partial charge in [-0.15, -0.1) is 0 Å². The first kappa shape index (κ1) is 14.1. The van der Waals surface area contributed by atoms with Crippen LogP contribution < -0.4 is 5.32 Å². The number of nitrogens with one attached hydrogen (secondary N) is 1. The van der Waals surface area contributed by atoms with Gasteiger partial charge in [-0.2, -0.15) is 0 Å². The lowest BCUT2D eigenvalue weighted by Crippen LogP contribution is -2.27. The number of aryl methyl sites for hydroxylation is 2. The molecule has 0 amide bonds. The molecule has 0 saturated carbocycles. The van der Waals surface area contributed by atoms with Crippen molar-refractivity contribution in [2.75, 3.05) is 5.32 Å². The topological polar surface area (TPSA) is 24.9 Å². The lowest BCUT2D eigenvalue weighted by Gasteiger charge is -2.26. The quantitative estimate of drug-likeness (QED) is 0.732. The minimum absolute atomic E-state index is 0.492. The molecule has 104 valence electrons. The fraction of sp³-hybridized carbons (Fsp3) is 0.312. The molecule has 1 aliphatic rings. The van der Waals surface area contributed by atoms with E-state index in [9.17, 15) is 0 Å². The van der Waals surface area contributed by atoms with Gasteiger partial charge in [0, 0.05) is 10.5 Å². The van der Waals surface area contributed by atoms with Crippen LogP contribution in [0.4, 0.5) is 5.69 Å². The van der Waals surface area contributed by atoms with Gasteiger partial charge in [0.2, 0.25) is 0 Å². The Morgan fingerprint density at radius 3 is 2.85 bits per heavy atom. The highest BCUT2D eigenvalue weighted by molar-refractivity contribution is 9.10. The molecule has 0 aliphatic heterocycles. The van der Waals surface area contributed by atoms with E-state index in [-0.39, 0.29) is 0 Å². The summed E-state index contributed by atoms with van der Waals surface area (Å²) >= 11 is 6.99. The number of hydrogen-bond acceptors (Lipinski definition) is 2. The summed E-state index contributed by atoms with van der Waals surface area (Å²) in [7, 11) is 0. The van der Waals surface area contributed by atoms with Gasteiger partial charge in [-0.05, 0) is 77.0 Å². The van der Waals surface area contributed by atoms with Crippen molar-refractivity contribution in [3.8, 4) is 0 Å². The Hall–Kier alpha value is -0.870. The van der Waals surface area contributed by atoms with Crippen molar-refractivity contribution >= 4 is 37.5 Å². The summed E-state index contributed by atoms with van der Waals surface area (Å²) in [6, 6.07) is 9.25. The summed E-state index contributed by atoms with van der Waals surface area (Å²) in [5.74, 6) is 0. The van der Waals surface area contributed by atoms with Gasteiger partial charge in [0.1, 0.15) is 4.60 Å². The zero-order chi connectivity index (χ0) is 14.1. The zero-order valence-corrected chi connectivity index (χ0v) is 14.5. The van der Waals surface area contributed by atoms with Gasteiger partial charge in [0.25, 0.3) is 0 Å². The van der Waals surface area contributed by atoms with Crippen LogP contribution in [0.2, 0.25) is 0 Å². The molecule has 2 nitrogen and oxygen atoms in total. The highest BCUT2D eigenvalue weighted by Crippen LogP contribution is 2.27. The molecule has 1 aliphatic carbocycles. The summed E-state index contributed by atoms with van der Waals surface area (Å²) in [5.41, 5.74) is 5.20. The molecular weight excluding hydrogens is 380 g/mol. The minimum atomic E-state index is 0.492. The van der Waals surface area contributed by atoms with Crippen LogP contribution >= 0.6 is 31.9 Å². The molecule has 0 saturated heterocycles. The number of pyridine rings is 1. The van der Waals surface area contributed by atoms with Crippen LogP contribution in [-0.2, 0) is 12.8 Å². The summed E-state index contributed by atoms with van der Waals surface area (Å²) < 4.78 is 2.09. The Kier molecular flexibility index (Phi) is 4.13. The van der Waals surface area contributed by atoms with Crippen LogP contribution in [0.3, 0.4) is 0 Å². The van der Waals surface area contributed by atoms with E-state index in [0.717, 1.165) is 28.7 Å². The third-order valence-electron chi connectivity index (χ3n) is 3.78.